The highest BCUT2D eigenvalue weighted by Gasteiger charge is 2.27. The highest BCUT2D eigenvalue weighted by atomic mass is 32.2. The van der Waals surface area contributed by atoms with E-state index in [1.54, 1.807) is 12.3 Å². The van der Waals surface area contributed by atoms with E-state index in [2.05, 4.69) is 9.46 Å². The van der Waals surface area contributed by atoms with Gasteiger partial charge in [-0.05, 0) is 17.9 Å². The molecule has 20 heavy (non-hydrogen) atoms. The van der Waals surface area contributed by atoms with Gasteiger partial charge in [0.1, 0.15) is 9.77 Å². The van der Waals surface area contributed by atoms with E-state index in [1.807, 2.05) is 0 Å². The number of sulfonamides is 1. The molecule has 0 aliphatic heterocycles. The Morgan fingerprint density at radius 2 is 2.15 bits per heavy atom. The molecule has 9 heteroatoms. The van der Waals surface area contributed by atoms with Crippen LogP contribution >= 0.6 is 11.3 Å². The first-order valence-corrected chi connectivity index (χ1v) is 8.15. The van der Waals surface area contributed by atoms with Crippen LogP contribution in [-0.4, -0.2) is 53.0 Å². The van der Waals surface area contributed by atoms with Gasteiger partial charge < -0.3 is 14.6 Å². The number of hydrogen-bond donors (Lipinski definition) is 2. The predicted octanol–water partition coefficient (Wildman–Crippen LogP) is 0.130. The topological polar surface area (TPSA) is 102 Å². The van der Waals surface area contributed by atoms with Crippen molar-refractivity contribution in [3.63, 3.8) is 0 Å². The summed E-state index contributed by atoms with van der Waals surface area (Å²) in [5.41, 5.74) is 0.485. The van der Waals surface area contributed by atoms with Crippen LogP contribution in [-0.2, 0) is 19.5 Å². The average Bonchev–Trinajstić information content (AvgIpc) is 2.80. The lowest BCUT2D eigenvalue weighted by Crippen LogP contribution is -2.29. The summed E-state index contributed by atoms with van der Waals surface area (Å²) in [5.74, 6) is -0.681. The number of ether oxygens (including phenoxy) is 2. The number of thiophene rings is 1. The number of hydrogen-bond acceptors (Lipinski definition) is 7. The van der Waals surface area contributed by atoms with Crippen LogP contribution in [0.25, 0.3) is 0 Å². The molecule has 1 rings (SSSR count). The Bertz CT molecular complexity index is 551. The average molecular weight is 323 g/mol. The second kappa shape index (κ2) is 7.70. The Labute approximate surface area is 121 Å². The summed E-state index contributed by atoms with van der Waals surface area (Å²) in [6.45, 7) is 1.82. The summed E-state index contributed by atoms with van der Waals surface area (Å²) >= 11 is 1.03. The third-order valence-electron chi connectivity index (χ3n) is 2.33. The van der Waals surface area contributed by atoms with Gasteiger partial charge in [0.05, 0.1) is 26.9 Å². The fraction of sp³-hybridized carbons (Fsp3) is 0.545. The molecule has 114 valence electrons. The van der Waals surface area contributed by atoms with Crippen LogP contribution in [0.5, 0.6) is 0 Å². The van der Waals surface area contributed by atoms with Gasteiger partial charge in [0.2, 0.25) is 10.0 Å². The SMILES string of the molecule is COC(=O)c1scc(C)c1S(=O)(=O)NCCOCCO. The lowest BCUT2D eigenvalue weighted by atomic mass is 10.3. The van der Waals surface area contributed by atoms with Gasteiger partial charge in [0.25, 0.3) is 0 Å². The summed E-state index contributed by atoms with van der Waals surface area (Å²) in [4.78, 5) is 11.5. The van der Waals surface area contributed by atoms with Crippen molar-refractivity contribution in [3.05, 3.63) is 15.8 Å². The van der Waals surface area contributed by atoms with Crippen molar-refractivity contribution in [1.29, 1.82) is 0 Å². The summed E-state index contributed by atoms with van der Waals surface area (Å²) in [6, 6.07) is 0. The number of methoxy groups -OCH3 is 1. The number of nitrogens with one attached hydrogen (secondary N) is 1. The maximum atomic E-state index is 12.2. The second-order valence-electron chi connectivity index (χ2n) is 3.80. The standard InChI is InChI=1S/C11H17NO6S2/c1-8-7-19-9(11(14)17-2)10(8)20(15,16)12-3-5-18-6-4-13/h7,12-13H,3-6H2,1-2H3. The molecular weight excluding hydrogens is 306 g/mol. The van der Waals surface area contributed by atoms with Crippen molar-refractivity contribution in [1.82, 2.24) is 4.72 Å². The first kappa shape index (κ1) is 17.1. The minimum atomic E-state index is -3.80. The Morgan fingerprint density at radius 3 is 2.75 bits per heavy atom. The van der Waals surface area contributed by atoms with E-state index >= 15 is 0 Å². The third kappa shape index (κ3) is 4.25. The first-order chi connectivity index (χ1) is 9.44. The van der Waals surface area contributed by atoms with E-state index in [-0.39, 0.29) is 36.1 Å². The first-order valence-electron chi connectivity index (χ1n) is 5.78. The molecule has 0 spiro atoms. The van der Waals surface area contributed by atoms with Crippen LogP contribution in [0.15, 0.2) is 10.3 Å². The van der Waals surface area contributed by atoms with E-state index in [1.165, 1.54) is 7.11 Å². The van der Waals surface area contributed by atoms with Crippen LogP contribution in [0.2, 0.25) is 0 Å². The molecule has 0 aliphatic rings. The van der Waals surface area contributed by atoms with Gasteiger partial charge in [-0.2, -0.15) is 0 Å². The quantitative estimate of drug-likeness (QED) is 0.521. The number of aliphatic hydroxyl groups excluding tert-OH is 1. The highest BCUT2D eigenvalue weighted by molar-refractivity contribution is 7.89. The Kier molecular flexibility index (Phi) is 6.56. The van der Waals surface area contributed by atoms with Crippen molar-refractivity contribution < 1.29 is 27.8 Å². The number of aliphatic hydroxyl groups is 1. The molecule has 0 aliphatic carbocycles. The molecule has 0 radical (unpaired) electrons. The summed E-state index contributed by atoms with van der Waals surface area (Å²) < 4.78 is 36.2. The number of aryl methyl sites for hydroxylation is 1. The molecule has 7 nitrogen and oxygen atoms in total. The molecule has 0 amide bonds. The summed E-state index contributed by atoms with van der Waals surface area (Å²) in [7, 11) is -2.61. The van der Waals surface area contributed by atoms with Crippen LogP contribution in [0, 0.1) is 6.92 Å². The zero-order chi connectivity index (χ0) is 15.2. The number of esters is 1. The van der Waals surface area contributed by atoms with E-state index in [0.29, 0.717) is 5.56 Å². The normalized spacial score (nSPS) is 11.6. The number of carbonyl (C=O) groups excluding carboxylic acids is 1. The van der Waals surface area contributed by atoms with E-state index in [9.17, 15) is 13.2 Å². The largest absolute Gasteiger partial charge is 0.465 e. The molecule has 1 aromatic rings. The van der Waals surface area contributed by atoms with Crippen molar-refractivity contribution >= 4 is 27.3 Å². The minimum absolute atomic E-state index is 0.0498. The van der Waals surface area contributed by atoms with Crippen molar-refractivity contribution in [2.24, 2.45) is 0 Å². The van der Waals surface area contributed by atoms with Gasteiger partial charge in [-0.3, -0.25) is 0 Å². The van der Waals surface area contributed by atoms with Gasteiger partial charge >= 0.3 is 5.97 Å². The number of rotatable bonds is 8. The van der Waals surface area contributed by atoms with Crippen molar-refractivity contribution in [3.8, 4) is 0 Å². The molecule has 2 N–H and O–H groups in total. The van der Waals surface area contributed by atoms with Gasteiger partial charge in [0.15, 0.2) is 0 Å². The zero-order valence-electron chi connectivity index (χ0n) is 11.2. The van der Waals surface area contributed by atoms with Crippen molar-refractivity contribution in [2.75, 3.05) is 33.5 Å². The second-order valence-corrected chi connectivity index (χ2v) is 6.39. The fourth-order valence-electron chi connectivity index (χ4n) is 1.49. The number of carbonyl (C=O) groups is 1. The lowest BCUT2D eigenvalue weighted by molar-refractivity contribution is 0.0602. The minimum Gasteiger partial charge on any atom is -0.465 e. The molecule has 0 saturated carbocycles. The van der Waals surface area contributed by atoms with Gasteiger partial charge in [-0.25, -0.2) is 17.9 Å². The van der Waals surface area contributed by atoms with Crippen LogP contribution < -0.4 is 4.72 Å². The molecule has 0 fully saturated rings. The molecule has 0 unspecified atom stereocenters. The predicted molar refractivity (Wildman–Crippen MR) is 73.5 cm³/mol. The Morgan fingerprint density at radius 1 is 1.45 bits per heavy atom. The third-order valence-corrected chi connectivity index (χ3v) is 5.19. The zero-order valence-corrected chi connectivity index (χ0v) is 12.8. The maximum absolute atomic E-state index is 12.2. The Balaban J connectivity index is 2.82. The molecular formula is C11H17NO6S2. The van der Waals surface area contributed by atoms with E-state index in [4.69, 9.17) is 9.84 Å². The maximum Gasteiger partial charge on any atom is 0.349 e. The fourth-order valence-corrected chi connectivity index (χ4v) is 4.20. The molecule has 0 aromatic carbocycles. The van der Waals surface area contributed by atoms with Crippen LogP contribution in [0.4, 0.5) is 0 Å². The monoisotopic (exact) mass is 323 g/mol. The molecule has 1 heterocycles. The molecule has 1 aromatic heterocycles. The molecule has 0 atom stereocenters. The van der Waals surface area contributed by atoms with Crippen molar-refractivity contribution in [2.45, 2.75) is 11.8 Å². The van der Waals surface area contributed by atoms with Crippen LogP contribution in [0.1, 0.15) is 15.2 Å². The lowest BCUT2D eigenvalue weighted by Gasteiger charge is -2.08. The summed E-state index contributed by atoms with van der Waals surface area (Å²) in [5, 5.41) is 10.1. The smallest absolute Gasteiger partial charge is 0.349 e. The van der Waals surface area contributed by atoms with Gasteiger partial charge in [-0.15, -0.1) is 11.3 Å². The van der Waals surface area contributed by atoms with E-state index < -0.39 is 16.0 Å². The van der Waals surface area contributed by atoms with E-state index in [0.717, 1.165) is 11.3 Å². The van der Waals surface area contributed by atoms with Crippen LogP contribution in [0.3, 0.4) is 0 Å². The van der Waals surface area contributed by atoms with Gasteiger partial charge in [0, 0.05) is 6.54 Å². The molecule has 0 saturated heterocycles. The van der Waals surface area contributed by atoms with Gasteiger partial charge in [-0.1, -0.05) is 0 Å². The molecule has 0 bridgehead atoms. The highest BCUT2D eigenvalue weighted by Crippen LogP contribution is 2.27. The summed E-state index contributed by atoms with van der Waals surface area (Å²) in [6.07, 6.45) is 0. The Hall–Kier alpha value is -1.00.